The molecule has 0 aliphatic rings. The molecule has 0 saturated carbocycles. The second-order valence-corrected chi connectivity index (χ2v) is 5.05. The third kappa shape index (κ3) is 4.37. The summed E-state index contributed by atoms with van der Waals surface area (Å²) in [5, 5.41) is 8.44. The largest absolute Gasteiger partial charge is 0.348 e. The fraction of sp³-hybridized carbons (Fsp3) is 0.176. The van der Waals surface area contributed by atoms with Crippen molar-refractivity contribution in [3.05, 3.63) is 65.2 Å². The van der Waals surface area contributed by atoms with Crippen molar-refractivity contribution in [1.82, 2.24) is 10.0 Å². The molecule has 0 saturated heterocycles. The molecule has 0 unspecified atom stereocenters. The first-order valence-corrected chi connectivity index (χ1v) is 7.07. The molecular formula is C17H17FN2O3. The van der Waals surface area contributed by atoms with Crippen LogP contribution < -0.4 is 5.48 Å². The number of hydrogen-bond acceptors (Lipinski definition) is 3. The molecule has 6 heteroatoms. The molecular weight excluding hydrogens is 299 g/mol. The minimum absolute atomic E-state index is 0.123. The summed E-state index contributed by atoms with van der Waals surface area (Å²) >= 11 is 0. The minimum atomic E-state index is -0.617. The monoisotopic (exact) mass is 316 g/mol. The topological polar surface area (TPSA) is 71.3 Å². The van der Waals surface area contributed by atoms with E-state index in [1.165, 1.54) is 29.8 Å². The molecule has 5 nitrogen and oxygen atoms in total. The zero-order valence-corrected chi connectivity index (χ0v) is 12.6. The quantitative estimate of drug-likeness (QED) is 0.372. The number of amides is 1. The number of carbonyl (C=O) groups excluding carboxylic acids is 2. The van der Waals surface area contributed by atoms with Gasteiger partial charge in [-0.2, -0.15) is 0 Å². The fourth-order valence-corrected chi connectivity index (χ4v) is 2.24. The SMILES string of the molecule is Cn1c(/C=C/C(=O)NO)ccc1CCC(=O)c1cccc(F)c1. The molecule has 120 valence electrons. The Bertz CT molecular complexity index is 750. The maximum atomic E-state index is 13.1. The van der Waals surface area contributed by atoms with Gasteiger partial charge in [-0.25, -0.2) is 9.87 Å². The number of hydroxylamine groups is 1. The van der Waals surface area contributed by atoms with Gasteiger partial charge in [0.25, 0.3) is 5.91 Å². The highest BCUT2D eigenvalue weighted by Crippen LogP contribution is 2.13. The molecule has 2 N–H and O–H groups in total. The molecule has 1 heterocycles. The van der Waals surface area contributed by atoms with E-state index < -0.39 is 11.7 Å². The lowest BCUT2D eigenvalue weighted by Gasteiger charge is -2.05. The van der Waals surface area contributed by atoms with Crippen LogP contribution in [-0.4, -0.2) is 21.5 Å². The number of rotatable bonds is 6. The number of Topliss-reactive ketones (excluding diaryl/α,β-unsaturated/α-hetero) is 1. The molecule has 0 spiro atoms. The number of halogens is 1. The van der Waals surface area contributed by atoms with Crippen LogP contribution in [0.5, 0.6) is 0 Å². The van der Waals surface area contributed by atoms with E-state index in [0.717, 1.165) is 11.4 Å². The molecule has 2 aromatic rings. The normalized spacial score (nSPS) is 10.9. The van der Waals surface area contributed by atoms with E-state index in [4.69, 9.17) is 5.21 Å². The summed E-state index contributed by atoms with van der Waals surface area (Å²) in [6.07, 6.45) is 3.54. The Morgan fingerprint density at radius 1 is 1.30 bits per heavy atom. The highest BCUT2D eigenvalue weighted by molar-refractivity contribution is 5.96. The number of ketones is 1. The summed E-state index contributed by atoms with van der Waals surface area (Å²) in [6.45, 7) is 0. The summed E-state index contributed by atoms with van der Waals surface area (Å²) in [7, 11) is 1.82. The van der Waals surface area contributed by atoms with E-state index in [-0.39, 0.29) is 12.2 Å². The van der Waals surface area contributed by atoms with Gasteiger partial charge in [0, 0.05) is 36.5 Å². The molecule has 2 rings (SSSR count). The average molecular weight is 316 g/mol. The van der Waals surface area contributed by atoms with Crippen LogP contribution in [0, 0.1) is 5.82 Å². The van der Waals surface area contributed by atoms with Gasteiger partial charge in [-0.1, -0.05) is 12.1 Å². The van der Waals surface area contributed by atoms with Crippen LogP contribution in [0.2, 0.25) is 0 Å². The van der Waals surface area contributed by atoms with Gasteiger partial charge in [-0.3, -0.25) is 14.8 Å². The van der Waals surface area contributed by atoms with Crippen LogP contribution in [0.25, 0.3) is 6.08 Å². The van der Waals surface area contributed by atoms with E-state index >= 15 is 0 Å². The number of aromatic nitrogens is 1. The standard InChI is InChI=1S/C17H17FN2O3/c1-20-14(5-6-15(20)8-10-17(22)19-23)7-9-16(21)12-3-2-4-13(18)11-12/h2-6,8,10-11,23H,7,9H2,1H3,(H,19,22)/b10-8+. The molecule has 0 radical (unpaired) electrons. The highest BCUT2D eigenvalue weighted by atomic mass is 19.1. The molecule has 1 amide bonds. The van der Waals surface area contributed by atoms with E-state index in [2.05, 4.69) is 0 Å². The number of hydrogen-bond donors (Lipinski definition) is 2. The van der Waals surface area contributed by atoms with Crippen LogP contribution in [0.3, 0.4) is 0 Å². The summed E-state index contributed by atoms with van der Waals surface area (Å²) < 4.78 is 15.0. The van der Waals surface area contributed by atoms with Crippen LogP contribution >= 0.6 is 0 Å². The van der Waals surface area contributed by atoms with Crippen molar-refractivity contribution in [2.45, 2.75) is 12.8 Å². The first kappa shape index (κ1) is 16.6. The zero-order valence-electron chi connectivity index (χ0n) is 12.6. The Hall–Kier alpha value is -2.73. The van der Waals surface area contributed by atoms with Crippen LogP contribution in [0.4, 0.5) is 4.39 Å². The maximum absolute atomic E-state index is 13.1. The summed E-state index contributed by atoms with van der Waals surface area (Å²) in [6, 6.07) is 9.31. The van der Waals surface area contributed by atoms with Gasteiger partial charge in [-0.05, 0) is 36.8 Å². The van der Waals surface area contributed by atoms with Crippen molar-refractivity contribution in [3.63, 3.8) is 0 Å². The van der Waals surface area contributed by atoms with Crippen molar-refractivity contribution >= 4 is 17.8 Å². The lowest BCUT2D eigenvalue weighted by molar-refractivity contribution is -0.124. The number of carbonyl (C=O) groups is 2. The third-order valence-electron chi connectivity index (χ3n) is 3.54. The van der Waals surface area contributed by atoms with Gasteiger partial charge >= 0.3 is 0 Å². The lowest BCUT2D eigenvalue weighted by Crippen LogP contribution is -2.15. The number of benzene rings is 1. The predicted octanol–water partition coefficient (Wildman–Crippen LogP) is 2.50. The molecule has 0 aliphatic carbocycles. The van der Waals surface area contributed by atoms with Gasteiger partial charge in [0.05, 0.1) is 0 Å². The maximum Gasteiger partial charge on any atom is 0.267 e. The highest BCUT2D eigenvalue weighted by Gasteiger charge is 2.09. The Morgan fingerprint density at radius 3 is 2.78 bits per heavy atom. The van der Waals surface area contributed by atoms with Crippen molar-refractivity contribution in [2.24, 2.45) is 7.05 Å². The minimum Gasteiger partial charge on any atom is -0.348 e. The van der Waals surface area contributed by atoms with Crippen molar-refractivity contribution < 1.29 is 19.2 Å². The average Bonchev–Trinajstić information content (AvgIpc) is 2.90. The van der Waals surface area contributed by atoms with Crippen molar-refractivity contribution in [3.8, 4) is 0 Å². The van der Waals surface area contributed by atoms with Crippen LogP contribution in [0.15, 0.2) is 42.5 Å². The van der Waals surface area contributed by atoms with Gasteiger partial charge in [0.1, 0.15) is 5.82 Å². The first-order valence-electron chi connectivity index (χ1n) is 7.07. The van der Waals surface area contributed by atoms with Gasteiger partial charge < -0.3 is 4.57 Å². The Labute approximate surface area is 133 Å². The second kappa shape index (κ2) is 7.51. The van der Waals surface area contributed by atoms with Gasteiger partial charge in [0.15, 0.2) is 5.78 Å². The van der Waals surface area contributed by atoms with Crippen LogP contribution in [0.1, 0.15) is 28.2 Å². The molecule has 0 bridgehead atoms. The lowest BCUT2D eigenvalue weighted by atomic mass is 10.1. The van der Waals surface area contributed by atoms with Crippen molar-refractivity contribution in [1.29, 1.82) is 0 Å². The second-order valence-electron chi connectivity index (χ2n) is 5.05. The first-order chi connectivity index (χ1) is 11.0. The smallest absolute Gasteiger partial charge is 0.267 e. The van der Waals surface area contributed by atoms with E-state index in [0.29, 0.717) is 12.0 Å². The van der Waals surface area contributed by atoms with Crippen molar-refractivity contribution in [2.75, 3.05) is 0 Å². The molecule has 1 aromatic carbocycles. The molecule has 0 atom stereocenters. The number of nitrogens with zero attached hydrogens (tertiary/aromatic N) is 1. The van der Waals surface area contributed by atoms with Gasteiger partial charge in [0.2, 0.25) is 0 Å². The zero-order chi connectivity index (χ0) is 16.8. The summed E-state index contributed by atoms with van der Waals surface area (Å²) in [5.41, 5.74) is 3.56. The van der Waals surface area contributed by atoms with E-state index in [1.54, 1.807) is 12.1 Å². The Balaban J connectivity index is 2.01. The number of nitrogens with one attached hydrogen (secondary N) is 1. The van der Waals surface area contributed by atoms with Crippen LogP contribution in [-0.2, 0) is 18.3 Å². The summed E-state index contributed by atoms with van der Waals surface area (Å²) in [5.74, 6) is -1.17. The van der Waals surface area contributed by atoms with Gasteiger partial charge in [-0.15, -0.1) is 0 Å². The fourth-order valence-electron chi connectivity index (χ4n) is 2.24. The molecule has 0 fully saturated rings. The Kier molecular flexibility index (Phi) is 5.43. The van der Waals surface area contributed by atoms with E-state index in [1.807, 2.05) is 23.7 Å². The molecule has 0 aliphatic heterocycles. The predicted molar refractivity (Wildman–Crippen MR) is 83.4 cm³/mol. The molecule has 1 aromatic heterocycles. The third-order valence-corrected chi connectivity index (χ3v) is 3.54. The van der Waals surface area contributed by atoms with E-state index in [9.17, 15) is 14.0 Å². The molecule has 23 heavy (non-hydrogen) atoms. The number of aryl methyl sites for hydroxylation is 1. The summed E-state index contributed by atoms with van der Waals surface area (Å²) in [4.78, 5) is 23.0. The Morgan fingerprint density at radius 2 is 2.09 bits per heavy atom.